The van der Waals surface area contributed by atoms with Gasteiger partial charge in [-0.3, -0.25) is 0 Å². The maximum atomic E-state index is 14.2. The average Bonchev–Trinajstić information content (AvgIpc) is 2.67. The van der Waals surface area contributed by atoms with E-state index in [0.717, 1.165) is 49.0 Å². The second kappa shape index (κ2) is 9.02. The van der Waals surface area contributed by atoms with Gasteiger partial charge in [-0.1, -0.05) is 37.3 Å². The molecule has 0 amide bonds. The first kappa shape index (κ1) is 18.7. The van der Waals surface area contributed by atoms with Crippen molar-refractivity contribution >= 4 is 0 Å². The minimum absolute atomic E-state index is 0.0384. The van der Waals surface area contributed by atoms with E-state index < -0.39 is 0 Å². The summed E-state index contributed by atoms with van der Waals surface area (Å²) in [5.41, 5.74) is 4.78. The SMILES string of the molecule is CC=CCOc1ccc2c(c1)CCC(CCc1ccc(CC)cc1F)C2. The van der Waals surface area contributed by atoms with Gasteiger partial charge in [0.1, 0.15) is 18.2 Å². The van der Waals surface area contributed by atoms with Gasteiger partial charge >= 0.3 is 0 Å². The van der Waals surface area contributed by atoms with E-state index in [2.05, 4.69) is 31.2 Å². The Bertz CT molecular complexity index is 763. The lowest BCUT2D eigenvalue weighted by molar-refractivity contribution is 0.360. The van der Waals surface area contributed by atoms with Gasteiger partial charge in [-0.15, -0.1) is 0 Å². The molecule has 2 aromatic carbocycles. The molecule has 1 aliphatic carbocycles. The Hall–Kier alpha value is -2.09. The fourth-order valence-corrected chi connectivity index (χ4v) is 3.76. The second-order valence-corrected chi connectivity index (χ2v) is 7.24. The molecule has 0 N–H and O–H groups in total. The van der Waals surface area contributed by atoms with Crippen LogP contribution in [0.4, 0.5) is 4.39 Å². The van der Waals surface area contributed by atoms with Crippen molar-refractivity contribution in [1.29, 1.82) is 0 Å². The number of rotatable bonds is 7. The third-order valence-corrected chi connectivity index (χ3v) is 5.44. The molecule has 1 aliphatic rings. The smallest absolute Gasteiger partial charge is 0.126 e. The largest absolute Gasteiger partial charge is 0.490 e. The first-order valence-electron chi connectivity index (χ1n) is 9.82. The highest BCUT2D eigenvalue weighted by molar-refractivity contribution is 5.37. The van der Waals surface area contributed by atoms with Crippen LogP contribution in [-0.4, -0.2) is 6.61 Å². The fraction of sp³-hybridized carbons (Fsp3) is 0.417. The lowest BCUT2D eigenvalue weighted by atomic mass is 9.81. The maximum Gasteiger partial charge on any atom is 0.126 e. The number of hydrogen-bond donors (Lipinski definition) is 0. The lowest BCUT2D eigenvalue weighted by Crippen LogP contribution is -2.15. The molecular weight excluding hydrogens is 323 g/mol. The van der Waals surface area contributed by atoms with Crippen LogP contribution in [-0.2, 0) is 25.7 Å². The first-order valence-corrected chi connectivity index (χ1v) is 9.82. The zero-order chi connectivity index (χ0) is 18.4. The molecule has 0 spiro atoms. The average molecular weight is 352 g/mol. The zero-order valence-corrected chi connectivity index (χ0v) is 15.9. The minimum atomic E-state index is -0.0384. The summed E-state index contributed by atoms with van der Waals surface area (Å²) in [6.07, 6.45) is 10.2. The first-order chi connectivity index (χ1) is 12.7. The normalized spacial score (nSPS) is 16.7. The number of fused-ring (bicyclic) bond motifs is 1. The third kappa shape index (κ3) is 4.75. The van der Waals surface area contributed by atoms with E-state index in [1.807, 2.05) is 25.1 Å². The summed E-state index contributed by atoms with van der Waals surface area (Å²) in [5, 5.41) is 0. The molecule has 0 heterocycles. The van der Waals surface area contributed by atoms with Gasteiger partial charge in [0.05, 0.1) is 0 Å². The van der Waals surface area contributed by atoms with Crippen LogP contribution in [0.15, 0.2) is 48.6 Å². The quantitative estimate of drug-likeness (QED) is 0.549. The Morgan fingerprint density at radius 3 is 2.81 bits per heavy atom. The van der Waals surface area contributed by atoms with Crippen molar-refractivity contribution < 1.29 is 9.13 Å². The summed E-state index contributed by atoms with van der Waals surface area (Å²) in [6.45, 7) is 4.69. The Balaban J connectivity index is 1.57. The van der Waals surface area contributed by atoms with Crippen LogP contribution in [0.25, 0.3) is 0 Å². The lowest BCUT2D eigenvalue weighted by Gasteiger charge is -2.25. The molecule has 2 heteroatoms. The van der Waals surface area contributed by atoms with Gasteiger partial charge < -0.3 is 4.74 Å². The van der Waals surface area contributed by atoms with Crippen molar-refractivity contribution in [3.63, 3.8) is 0 Å². The molecule has 1 atom stereocenters. The van der Waals surface area contributed by atoms with E-state index in [0.29, 0.717) is 12.5 Å². The van der Waals surface area contributed by atoms with Gasteiger partial charge in [0, 0.05) is 0 Å². The van der Waals surface area contributed by atoms with E-state index in [1.165, 1.54) is 17.5 Å². The molecule has 0 saturated heterocycles. The monoisotopic (exact) mass is 352 g/mol. The van der Waals surface area contributed by atoms with E-state index in [1.54, 1.807) is 6.07 Å². The summed E-state index contributed by atoms with van der Waals surface area (Å²) < 4.78 is 19.9. The Labute approximate surface area is 156 Å². The van der Waals surface area contributed by atoms with Crippen molar-refractivity contribution in [3.05, 3.63) is 76.6 Å². The van der Waals surface area contributed by atoms with Gasteiger partial charge in [0.2, 0.25) is 0 Å². The van der Waals surface area contributed by atoms with Crippen LogP contribution in [0.3, 0.4) is 0 Å². The minimum Gasteiger partial charge on any atom is -0.490 e. The summed E-state index contributed by atoms with van der Waals surface area (Å²) >= 11 is 0. The number of benzene rings is 2. The van der Waals surface area contributed by atoms with Gasteiger partial charge in [0.15, 0.2) is 0 Å². The van der Waals surface area contributed by atoms with Crippen LogP contribution >= 0.6 is 0 Å². The second-order valence-electron chi connectivity index (χ2n) is 7.24. The summed E-state index contributed by atoms with van der Waals surface area (Å²) in [6, 6.07) is 12.2. The highest BCUT2D eigenvalue weighted by Gasteiger charge is 2.19. The molecule has 0 bridgehead atoms. The molecule has 1 nitrogen and oxygen atoms in total. The molecule has 0 fully saturated rings. The highest BCUT2D eigenvalue weighted by atomic mass is 19.1. The van der Waals surface area contributed by atoms with Crippen molar-refractivity contribution in [2.75, 3.05) is 6.61 Å². The molecule has 0 saturated carbocycles. The Morgan fingerprint density at radius 1 is 1.15 bits per heavy atom. The summed E-state index contributed by atoms with van der Waals surface area (Å²) in [5.74, 6) is 1.56. The molecular formula is C24H29FO. The molecule has 26 heavy (non-hydrogen) atoms. The Morgan fingerprint density at radius 2 is 2.04 bits per heavy atom. The van der Waals surface area contributed by atoms with Crippen LogP contribution < -0.4 is 4.74 Å². The van der Waals surface area contributed by atoms with Gasteiger partial charge in [-0.25, -0.2) is 4.39 Å². The number of allylic oxidation sites excluding steroid dienone is 1. The molecule has 0 radical (unpaired) electrons. The van der Waals surface area contributed by atoms with Gasteiger partial charge in [-0.2, -0.15) is 0 Å². The van der Waals surface area contributed by atoms with Crippen LogP contribution in [0.2, 0.25) is 0 Å². The number of aryl methyl sites for hydroxylation is 3. The number of ether oxygens (including phenoxy) is 1. The predicted octanol–water partition coefficient (Wildman–Crippen LogP) is 6.08. The third-order valence-electron chi connectivity index (χ3n) is 5.44. The van der Waals surface area contributed by atoms with Crippen LogP contribution in [0.1, 0.15) is 48.9 Å². The molecule has 3 rings (SSSR count). The van der Waals surface area contributed by atoms with E-state index >= 15 is 0 Å². The molecule has 0 aliphatic heterocycles. The summed E-state index contributed by atoms with van der Waals surface area (Å²) in [4.78, 5) is 0. The van der Waals surface area contributed by atoms with E-state index in [9.17, 15) is 4.39 Å². The standard InChI is InChI=1S/C24H29FO/c1-3-5-14-26-23-13-12-21-15-19(8-11-22(21)17-23)7-10-20-9-6-18(4-2)16-24(20)25/h3,5-6,9,12-13,16-17,19H,4,7-8,10-11,14-15H2,1-2H3. The molecule has 0 aromatic heterocycles. The van der Waals surface area contributed by atoms with Crippen molar-refractivity contribution in [2.45, 2.75) is 52.4 Å². The molecule has 138 valence electrons. The van der Waals surface area contributed by atoms with Crippen molar-refractivity contribution in [2.24, 2.45) is 5.92 Å². The number of halogens is 1. The summed E-state index contributed by atoms with van der Waals surface area (Å²) in [7, 11) is 0. The van der Waals surface area contributed by atoms with Crippen LogP contribution in [0.5, 0.6) is 5.75 Å². The highest BCUT2D eigenvalue weighted by Crippen LogP contribution is 2.31. The Kier molecular flexibility index (Phi) is 6.49. The zero-order valence-electron chi connectivity index (χ0n) is 15.9. The van der Waals surface area contributed by atoms with Crippen LogP contribution in [0, 0.1) is 11.7 Å². The van der Waals surface area contributed by atoms with Crippen molar-refractivity contribution in [1.82, 2.24) is 0 Å². The van der Waals surface area contributed by atoms with E-state index in [4.69, 9.17) is 4.74 Å². The number of hydrogen-bond acceptors (Lipinski definition) is 1. The topological polar surface area (TPSA) is 9.23 Å². The fourth-order valence-electron chi connectivity index (χ4n) is 3.76. The van der Waals surface area contributed by atoms with Gasteiger partial charge in [-0.05, 0) is 91.8 Å². The van der Waals surface area contributed by atoms with Gasteiger partial charge in [0.25, 0.3) is 0 Å². The molecule has 2 aromatic rings. The maximum absolute atomic E-state index is 14.2. The molecule has 1 unspecified atom stereocenters. The van der Waals surface area contributed by atoms with E-state index in [-0.39, 0.29) is 5.82 Å². The van der Waals surface area contributed by atoms with Crippen molar-refractivity contribution in [3.8, 4) is 5.75 Å². The predicted molar refractivity (Wildman–Crippen MR) is 106 cm³/mol.